The van der Waals surface area contributed by atoms with Crippen LogP contribution in [0.2, 0.25) is 0 Å². The molecule has 0 unspecified atom stereocenters. The number of nitrogens with one attached hydrogen (secondary N) is 1. The zero-order valence-electron chi connectivity index (χ0n) is 17.8. The van der Waals surface area contributed by atoms with Crippen LogP contribution in [-0.2, 0) is 22.6 Å². The molecule has 160 valence electrons. The lowest BCUT2D eigenvalue weighted by molar-refractivity contribution is -0.144. The van der Waals surface area contributed by atoms with Gasteiger partial charge in [0.05, 0.1) is 5.69 Å². The summed E-state index contributed by atoms with van der Waals surface area (Å²) in [6.07, 6.45) is 9.06. The number of carbonyl (C=O) groups is 2. The van der Waals surface area contributed by atoms with E-state index in [0.29, 0.717) is 13.1 Å². The molecular weight excluding hydrogens is 394 g/mol. The van der Waals surface area contributed by atoms with Crippen molar-refractivity contribution in [3.63, 3.8) is 0 Å². The highest BCUT2D eigenvalue weighted by Crippen LogP contribution is 2.29. The summed E-state index contributed by atoms with van der Waals surface area (Å²) in [6.45, 7) is 3.12. The third-order valence-electron chi connectivity index (χ3n) is 6.49. The summed E-state index contributed by atoms with van der Waals surface area (Å²) in [7, 11) is 0. The van der Waals surface area contributed by atoms with Gasteiger partial charge in [0.1, 0.15) is 6.54 Å². The summed E-state index contributed by atoms with van der Waals surface area (Å²) in [4.78, 5) is 29.3. The van der Waals surface area contributed by atoms with Crippen molar-refractivity contribution in [3.05, 3.63) is 53.9 Å². The molecule has 1 atom stereocenters. The molecular formula is C24H31N3O2S. The van der Waals surface area contributed by atoms with Crippen LogP contribution in [0.15, 0.2) is 47.5 Å². The Hall–Kier alpha value is -2.21. The molecule has 1 aliphatic heterocycles. The number of aromatic nitrogens is 1. The first-order chi connectivity index (χ1) is 14.5. The molecule has 2 heterocycles. The van der Waals surface area contributed by atoms with E-state index in [1.807, 2.05) is 22.9 Å². The number of benzene rings is 1. The van der Waals surface area contributed by atoms with Gasteiger partial charge in [-0.25, -0.2) is 0 Å². The van der Waals surface area contributed by atoms with Crippen LogP contribution in [0.25, 0.3) is 0 Å². The average Bonchev–Trinajstić information content (AvgIpc) is 3.21. The van der Waals surface area contributed by atoms with Crippen LogP contribution in [-0.4, -0.2) is 40.1 Å². The number of rotatable bonds is 6. The van der Waals surface area contributed by atoms with Crippen LogP contribution in [0, 0.1) is 5.92 Å². The van der Waals surface area contributed by atoms with Crippen LogP contribution in [0.3, 0.4) is 0 Å². The van der Waals surface area contributed by atoms with E-state index in [-0.39, 0.29) is 17.9 Å². The minimum absolute atomic E-state index is 0.0110. The Kier molecular flexibility index (Phi) is 6.52. The minimum atomic E-state index is -0.550. The van der Waals surface area contributed by atoms with E-state index >= 15 is 0 Å². The number of thioether (sulfide) groups is 1. The zero-order chi connectivity index (χ0) is 21.1. The van der Waals surface area contributed by atoms with Gasteiger partial charge in [-0.15, -0.1) is 11.8 Å². The molecule has 1 fully saturated rings. The molecule has 1 N–H and O–H groups in total. The molecule has 4 rings (SSSR count). The Morgan fingerprint density at radius 1 is 1.13 bits per heavy atom. The second-order valence-corrected chi connectivity index (χ2v) is 9.49. The maximum Gasteiger partial charge on any atom is 0.249 e. The van der Waals surface area contributed by atoms with Crippen LogP contribution < -0.4 is 5.32 Å². The second kappa shape index (κ2) is 9.29. The van der Waals surface area contributed by atoms with Crippen molar-refractivity contribution in [3.8, 4) is 0 Å². The maximum atomic E-state index is 13.3. The first-order valence-electron chi connectivity index (χ1n) is 10.9. The number of nitrogens with zero attached hydrogens (tertiary/aromatic N) is 2. The van der Waals surface area contributed by atoms with Crippen molar-refractivity contribution >= 4 is 23.6 Å². The summed E-state index contributed by atoms with van der Waals surface area (Å²) in [5, 5.41) is 3.25. The van der Waals surface area contributed by atoms with Crippen molar-refractivity contribution in [2.75, 3.05) is 12.8 Å². The highest BCUT2D eigenvalue weighted by Gasteiger charge is 2.38. The first kappa shape index (κ1) is 21.0. The molecule has 5 nitrogen and oxygen atoms in total. The fourth-order valence-electron chi connectivity index (χ4n) is 4.62. The van der Waals surface area contributed by atoms with Gasteiger partial charge in [-0.3, -0.25) is 9.59 Å². The summed E-state index contributed by atoms with van der Waals surface area (Å²) in [6, 6.07) is 12.0. The monoisotopic (exact) mass is 425 g/mol. The number of carbonyl (C=O) groups excluding carboxylic acids is 2. The van der Waals surface area contributed by atoms with E-state index in [9.17, 15) is 9.59 Å². The van der Waals surface area contributed by atoms with E-state index in [4.69, 9.17) is 0 Å². The summed E-state index contributed by atoms with van der Waals surface area (Å²) in [5.74, 6) is 0.706. The van der Waals surface area contributed by atoms with E-state index in [2.05, 4.69) is 42.8 Å². The van der Waals surface area contributed by atoms with Gasteiger partial charge >= 0.3 is 0 Å². The Balaban J connectivity index is 1.49. The molecule has 2 aromatic rings. The van der Waals surface area contributed by atoms with Crippen LogP contribution in [0.4, 0.5) is 0 Å². The van der Waals surface area contributed by atoms with Gasteiger partial charge in [-0.05, 0) is 74.1 Å². The van der Waals surface area contributed by atoms with E-state index < -0.39 is 6.04 Å². The van der Waals surface area contributed by atoms with Gasteiger partial charge in [0, 0.05) is 23.7 Å². The average molecular weight is 426 g/mol. The summed E-state index contributed by atoms with van der Waals surface area (Å²) < 4.78 is 1.92. The summed E-state index contributed by atoms with van der Waals surface area (Å²) in [5.41, 5.74) is 2.09. The van der Waals surface area contributed by atoms with E-state index in [0.717, 1.165) is 43.7 Å². The van der Waals surface area contributed by atoms with Crippen molar-refractivity contribution in [2.45, 2.75) is 62.6 Å². The zero-order valence-corrected chi connectivity index (χ0v) is 18.7. The third-order valence-corrected chi connectivity index (χ3v) is 7.24. The highest BCUT2D eigenvalue weighted by molar-refractivity contribution is 7.98. The Morgan fingerprint density at radius 3 is 2.57 bits per heavy atom. The van der Waals surface area contributed by atoms with Crippen molar-refractivity contribution in [2.24, 2.45) is 5.92 Å². The molecule has 1 saturated carbocycles. The van der Waals surface area contributed by atoms with Gasteiger partial charge in [0.25, 0.3) is 0 Å². The lowest BCUT2D eigenvalue weighted by Crippen LogP contribution is -2.51. The lowest BCUT2D eigenvalue weighted by atomic mass is 9.87. The molecule has 1 aromatic heterocycles. The molecule has 1 aromatic carbocycles. The normalized spacial score (nSPS) is 23.9. The number of fused-ring (bicyclic) bond motifs is 1. The van der Waals surface area contributed by atoms with Crippen LogP contribution >= 0.6 is 11.8 Å². The SMILES string of the molecule is CSc1ccc(CCN2C(=O)Cn3cccc3[C@@H]2C(=O)NC2CCC(C)CC2)cc1. The van der Waals surface area contributed by atoms with Gasteiger partial charge in [-0.2, -0.15) is 0 Å². The van der Waals surface area contributed by atoms with Gasteiger partial charge < -0.3 is 14.8 Å². The van der Waals surface area contributed by atoms with Crippen LogP contribution in [0.5, 0.6) is 0 Å². The number of hydrogen-bond donors (Lipinski definition) is 1. The summed E-state index contributed by atoms with van der Waals surface area (Å²) >= 11 is 1.72. The van der Waals surface area contributed by atoms with Crippen LogP contribution in [0.1, 0.15) is 49.9 Å². The fraction of sp³-hybridized carbons (Fsp3) is 0.500. The number of hydrogen-bond acceptors (Lipinski definition) is 3. The number of amides is 2. The molecule has 0 spiro atoms. The van der Waals surface area contributed by atoms with Gasteiger partial charge in [0.15, 0.2) is 6.04 Å². The third kappa shape index (κ3) is 4.59. The highest BCUT2D eigenvalue weighted by atomic mass is 32.2. The van der Waals surface area contributed by atoms with E-state index in [1.165, 1.54) is 10.5 Å². The molecule has 2 amide bonds. The molecule has 0 radical (unpaired) electrons. The molecule has 30 heavy (non-hydrogen) atoms. The fourth-order valence-corrected chi connectivity index (χ4v) is 5.02. The predicted molar refractivity (Wildman–Crippen MR) is 120 cm³/mol. The quantitative estimate of drug-likeness (QED) is 0.711. The standard InChI is InChI=1S/C24H31N3O2S/c1-17-5-9-19(10-6-17)25-24(29)23-21-4-3-14-26(21)16-22(28)27(23)15-13-18-7-11-20(30-2)12-8-18/h3-4,7-8,11-12,14,17,19,23H,5-6,9-10,13,15-16H2,1-2H3,(H,25,29)/t17?,19?,23-/m1/s1. The topological polar surface area (TPSA) is 54.3 Å². The molecule has 2 aliphatic rings. The Labute approximate surface area is 183 Å². The lowest BCUT2D eigenvalue weighted by Gasteiger charge is -2.37. The Bertz CT molecular complexity index is 884. The second-order valence-electron chi connectivity index (χ2n) is 8.61. The van der Waals surface area contributed by atoms with Crippen molar-refractivity contribution < 1.29 is 9.59 Å². The van der Waals surface area contributed by atoms with Crippen molar-refractivity contribution in [1.82, 2.24) is 14.8 Å². The largest absolute Gasteiger partial charge is 0.351 e. The minimum Gasteiger partial charge on any atom is -0.351 e. The van der Waals surface area contributed by atoms with Gasteiger partial charge in [-0.1, -0.05) is 19.1 Å². The molecule has 0 saturated heterocycles. The Morgan fingerprint density at radius 2 is 1.87 bits per heavy atom. The smallest absolute Gasteiger partial charge is 0.249 e. The maximum absolute atomic E-state index is 13.3. The predicted octanol–water partition coefficient (Wildman–Crippen LogP) is 4.03. The molecule has 0 bridgehead atoms. The molecule has 1 aliphatic carbocycles. The van der Waals surface area contributed by atoms with Gasteiger partial charge in [0.2, 0.25) is 11.8 Å². The molecule has 6 heteroatoms. The van der Waals surface area contributed by atoms with E-state index in [1.54, 1.807) is 16.7 Å². The first-order valence-corrected chi connectivity index (χ1v) is 12.2. The van der Waals surface area contributed by atoms with Crippen molar-refractivity contribution in [1.29, 1.82) is 0 Å².